The molecule has 2 aliphatic rings. The molecule has 0 aliphatic carbocycles. The van der Waals surface area contributed by atoms with Gasteiger partial charge in [0.25, 0.3) is 0 Å². The standard InChI is InChI=1S/C33H56N12O5.ClH/c1-4-17-47-21-23-50-24-22-48-18-10-36-31-37-32(39-33(38-31)44-15-19-49-20-16-44)43-13-11-42(12-14-43)30(46)28(8-6-7-9-34)45-25-27(40-41-45)29(35)26(3)5-2;/h1,25-26,28-29H,5-24,34-35H2,2-3H3,(H,36,37,38,39);1H/t26?,28-,29-;/m0./s1. The van der Waals surface area contributed by atoms with Crippen LogP contribution < -0.4 is 26.6 Å². The Morgan fingerprint density at radius 2 is 1.63 bits per heavy atom. The summed E-state index contributed by atoms with van der Waals surface area (Å²) in [5.74, 6) is 4.32. The van der Waals surface area contributed by atoms with Gasteiger partial charge in [-0.2, -0.15) is 15.0 Å². The summed E-state index contributed by atoms with van der Waals surface area (Å²) in [4.78, 5) is 34.4. The van der Waals surface area contributed by atoms with Crippen LogP contribution in [0.1, 0.15) is 57.3 Å². The number of amides is 1. The van der Waals surface area contributed by atoms with Gasteiger partial charge in [0.1, 0.15) is 12.6 Å². The molecular weight excluding hydrogens is 680 g/mol. The van der Waals surface area contributed by atoms with Crippen LogP contribution in [0.3, 0.4) is 0 Å². The maximum Gasteiger partial charge on any atom is 0.247 e. The number of hydrogen-bond donors (Lipinski definition) is 3. The van der Waals surface area contributed by atoms with Crippen LogP contribution in [-0.4, -0.2) is 146 Å². The van der Waals surface area contributed by atoms with Gasteiger partial charge in [0.2, 0.25) is 23.8 Å². The van der Waals surface area contributed by atoms with E-state index in [1.165, 1.54) is 0 Å². The topological polar surface area (TPSA) is 197 Å². The van der Waals surface area contributed by atoms with E-state index in [2.05, 4.69) is 45.2 Å². The molecule has 3 atom stereocenters. The molecule has 1 amide bonds. The Morgan fingerprint density at radius 1 is 0.980 bits per heavy atom. The van der Waals surface area contributed by atoms with Crippen molar-refractivity contribution >= 4 is 36.2 Å². The zero-order chi connectivity index (χ0) is 35.6. The third kappa shape index (κ3) is 13.3. The fourth-order valence-corrected chi connectivity index (χ4v) is 5.61. The van der Waals surface area contributed by atoms with Gasteiger partial charge in [0.15, 0.2) is 0 Å². The molecular formula is C33H57ClN12O5. The molecule has 0 spiro atoms. The number of unbranched alkanes of at least 4 members (excludes halogenated alkanes) is 1. The summed E-state index contributed by atoms with van der Waals surface area (Å²) in [6.07, 6.45) is 10.2. The highest BCUT2D eigenvalue weighted by molar-refractivity contribution is 5.85. The Morgan fingerprint density at radius 3 is 2.27 bits per heavy atom. The number of aromatic nitrogens is 6. The Kier molecular flexibility index (Phi) is 19.2. The first-order chi connectivity index (χ1) is 24.4. The van der Waals surface area contributed by atoms with Gasteiger partial charge >= 0.3 is 0 Å². The zero-order valence-corrected chi connectivity index (χ0v) is 31.0. The number of nitrogens with zero attached hydrogens (tertiary/aromatic N) is 9. The molecule has 17 nitrogen and oxygen atoms in total. The van der Waals surface area contributed by atoms with E-state index in [-0.39, 0.29) is 36.9 Å². The second-order valence-corrected chi connectivity index (χ2v) is 12.4. The molecule has 0 saturated carbocycles. The number of nitrogens with one attached hydrogen (secondary N) is 1. The first kappa shape index (κ1) is 42.0. The van der Waals surface area contributed by atoms with E-state index in [4.69, 9.17) is 51.8 Å². The van der Waals surface area contributed by atoms with Gasteiger partial charge in [0, 0.05) is 45.8 Å². The molecule has 1 unspecified atom stereocenters. The predicted molar refractivity (Wildman–Crippen MR) is 197 cm³/mol. The minimum atomic E-state index is -0.471. The molecule has 2 aromatic heterocycles. The molecule has 4 heterocycles. The molecule has 2 aromatic rings. The molecule has 2 aliphatic heterocycles. The molecule has 4 rings (SSSR count). The lowest BCUT2D eigenvalue weighted by atomic mass is 9.98. The lowest BCUT2D eigenvalue weighted by Gasteiger charge is -2.36. The molecule has 2 fully saturated rings. The van der Waals surface area contributed by atoms with E-state index in [0.717, 1.165) is 19.3 Å². The zero-order valence-electron chi connectivity index (χ0n) is 30.2. The number of terminal acetylenes is 1. The molecule has 2 saturated heterocycles. The van der Waals surface area contributed by atoms with Gasteiger partial charge in [-0.1, -0.05) is 31.4 Å². The first-order valence-corrected chi connectivity index (χ1v) is 17.9. The van der Waals surface area contributed by atoms with Crippen LogP contribution in [0.4, 0.5) is 17.8 Å². The largest absolute Gasteiger partial charge is 0.378 e. The van der Waals surface area contributed by atoms with E-state index < -0.39 is 6.04 Å². The number of ether oxygens (including phenoxy) is 4. The first-order valence-electron chi connectivity index (χ1n) is 17.9. The second-order valence-electron chi connectivity index (χ2n) is 12.4. The highest BCUT2D eigenvalue weighted by atomic mass is 35.5. The molecule has 51 heavy (non-hydrogen) atoms. The molecule has 5 N–H and O–H groups in total. The average molecular weight is 737 g/mol. The molecule has 286 valence electrons. The van der Waals surface area contributed by atoms with Crippen LogP contribution in [0, 0.1) is 18.3 Å². The van der Waals surface area contributed by atoms with E-state index in [1.807, 2.05) is 11.1 Å². The van der Waals surface area contributed by atoms with Crippen molar-refractivity contribution in [2.45, 2.75) is 51.6 Å². The number of halogens is 1. The summed E-state index contributed by atoms with van der Waals surface area (Å²) >= 11 is 0. The third-order valence-electron chi connectivity index (χ3n) is 8.90. The number of morpholine rings is 1. The summed E-state index contributed by atoms with van der Waals surface area (Å²) < 4.78 is 23.6. The SMILES string of the molecule is C#CCOCCOCCOCCNc1nc(N2CCOCC2)nc(N2CCN(C(=O)[C@H](CCCCN)n3cc([C@@H](N)C(C)CC)nn3)CC2)n1.Cl. The number of rotatable bonds is 22. The third-order valence-corrected chi connectivity index (χ3v) is 8.90. The average Bonchev–Trinajstić information content (AvgIpc) is 3.65. The van der Waals surface area contributed by atoms with Crippen molar-refractivity contribution in [2.75, 3.05) is 120 Å². The molecule has 0 aromatic carbocycles. The van der Waals surface area contributed by atoms with E-state index in [0.29, 0.717) is 129 Å². The van der Waals surface area contributed by atoms with Crippen molar-refractivity contribution in [1.82, 2.24) is 34.8 Å². The van der Waals surface area contributed by atoms with Gasteiger partial charge < -0.3 is 50.4 Å². The Hall–Kier alpha value is -3.37. The van der Waals surface area contributed by atoms with Crippen LogP contribution in [0.5, 0.6) is 0 Å². The van der Waals surface area contributed by atoms with Gasteiger partial charge in [-0.15, -0.1) is 23.9 Å². The van der Waals surface area contributed by atoms with Crippen LogP contribution in [0.15, 0.2) is 6.20 Å². The summed E-state index contributed by atoms with van der Waals surface area (Å²) in [6.45, 7) is 12.7. The smallest absolute Gasteiger partial charge is 0.247 e. The molecule has 18 heteroatoms. The maximum absolute atomic E-state index is 14.0. The maximum atomic E-state index is 14.0. The van der Waals surface area contributed by atoms with Crippen molar-refractivity contribution in [3.05, 3.63) is 11.9 Å². The monoisotopic (exact) mass is 736 g/mol. The summed E-state index contributed by atoms with van der Waals surface area (Å²) in [7, 11) is 0. The summed E-state index contributed by atoms with van der Waals surface area (Å²) in [5, 5.41) is 12.0. The molecule has 0 bridgehead atoms. The number of carbonyl (C=O) groups excluding carboxylic acids is 1. The van der Waals surface area contributed by atoms with Crippen molar-refractivity contribution in [3.8, 4) is 12.3 Å². The van der Waals surface area contributed by atoms with Crippen LogP contribution in [0.25, 0.3) is 0 Å². The Labute approximate surface area is 307 Å². The van der Waals surface area contributed by atoms with Gasteiger partial charge in [-0.3, -0.25) is 4.79 Å². The van der Waals surface area contributed by atoms with E-state index in [1.54, 1.807) is 4.68 Å². The number of anilines is 3. The number of carbonyl (C=O) groups is 1. The molecule has 0 radical (unpaired) electrons. The number of hydrogen-bond acceptors (Lipinski definition) is 15. The van der Waals surface area contributed by atoms with E-state index >= 15 is 0 Å². The summed E-state index contributed by atoms with van der Waals surface area (Å²) in [6, 6.07) is -0.705. The quantitative estimate of drug-likeness (QED) is 0.114. The van der Waals surface area contributed by atoms with Crippen molar-refractivity contribution in [3.63, 3.8) is 0 Å². The Balaban J connectivity index is 0.00000702. The fourth-order valence-electron chi connectivity index (χ4n) is 5.61. The number of piperazine rings is 1. The van der Waals surface area contributed by atoms with Crippen LogP contribution >= 0.6 is 12.4 Å². The van der Waals surface area contributed by atoms with Crippen molar-refractivity contribution in [1.29, 1.82) is 0 Å². The highest BCUT2D eigenvalue weighted by Gasteiger charge is 2.31. The second kappa shape index (κ2) is 23.2. The lowest BCUT2D eigenvalue weighted by Crippen LogP contribution is -2.51. The normalized spacial score (nSPS) is 16.6. The highest BCUT2D eigenvalue weighted by Crippen LogP contribution is 2.25. The van der Waals surface area contributed by atoms with E-state index in [9.17, 15) is 4.79 Å². The summed E-state index contributed by atoms with van der Waals surface area (Å²) in [5.41, 5.74) is 12.9. The minimum Gasteiger partial charge on any atom is -0.378 e. The fraction of sp³-hybridized carbons (Fsp3) is 0.758. The van der Waals surface area contributed by atoms with Crippen molar-refractivity contribution in [2.24, 2.45) is 17.4 Å². The van der Waals surface area contributed by atoms with Gasteiger partial charge in [0.05, 0.1) is 64.2 Å². The lowest BCUT2D eigenvalue weighted by molar-refractivity contribution is -0.135. The van der Waals surface area contributed by atoms with Gasteiger partial charge in [-0.25, -0.2) is 4.68 Å². The van der Waals surface area contributed by atoms with Crippen LogP contribution in [0.2, 0.25) is 0 Å². The minimum absolute atomic E-state index is 0. The van der Waals surface area contributed by atoms with Gasteiger partial charge in [-0.05, 0) is 31.7 Å². The number of nitrogens with two attached hydrogens (primary N) is 2. The van der Waals surface area contributed by atoms with Crippen LogP contribution in [-0.2, 0) is 23.7 Å². The Bertz CT molecular complexity index is 1320. The predicted octanol–water partition coefficient (Wildman–Crippen LogP) is 0.881. The van der Waals surface area contributed by atoms with Crippen molar-refractivity contribution < 1.29 is 23.7 Å².